The van der Waals surface area contributed by atoms with Gasteiger partial charge >= 0.3 is 12.1 Å². The third-order valence-corrected chi connectivity index (χ3v) is 7.55. The number of hydrogen-bond acceptors (Lipinski definition) is 5. The Morgan fingerprint density at radius 2 is 1.69 bits per heavy atom. The van der Waals surface area contributed by atoms with Crippen LogP contribution in [0.5, 0.6) is 0 Å². The Morgan fingerprint density at radius 3 is 2.26 bits per heavy atom. The number of hydrogen-bond donors (Lipinski definition) is 2. The molecule has 1 heterocycles. The van der Waals surface area contributed by atoms with Crippen molar-refractivity contribution in [1.82, 2.24) is 10.2 Å². The molecule has 35 heavy (non-hydrogen) atoms. The monoisotopic (exact) mass is 478 g/mol. The smallest absolute Gasteiger partial charge is 0.408 e. The van der Waals surface area contributed by atoms with Crippen LogP contribution in [-0.2, 0) is 19.1 Å². The number of nitrogens with one attached hydrogen (secondary N) is 1. The number of ether oxygens (including phenoxy) is 2. The topological polar surface area (TPSA) is 105 Å². The molecule has 0 radical (unpaired) electrons. The van der Waals surface area contributed by atoms with Gasteiger partial charge in [0.2, 0.25) is 5.91 Å². The van der Waals surface area contributed by atoms with E-state index in [1.807, 2.05) is 36.4 Å². The van der Waals surface area contributed by atoms with Crippen molar-refractivity contribution in [3.63, 3.8) is 0 Å². The molecule has 184 valence electrons. The highest BCUT2D eigenvalue weighted by molar-refractivity contribution is 5.93. The zero-order valence-corrected chi connectivity index (χ0v) is 19.9. The number of rotatable bonds is 6. The van der Waals surface area contributed by atoms with Crippen molar-refractivity contribution < 1.29 is 29.0 Å². The van der Waals surface area contributed by atoms with Gasteiger partial charge in [-0.15, -0.1) is 0 Å². The Morgan fingerprint density at radius 1 is 1.09 bits per heavy atom. The molecule has 2 N–H and O–H groups in total. The number of aliphatic carboxylic acids is 1. The normalized spacial score (nSPS) is 23.1. The molecule has 2 aromatic rings. The molecule has 1 aliphatic heterocycles. The van der Waals surface area contributed by atoms with Crippen LogP contribution in [0.4, 0.5) is 4.79 Å². The van der Waals surface area contributed by atoms with E-state index in [4.69, 9.17) is 9.47 Å². The van der Waals surface area contributed by atoms with Crippen molar-refractivity contribution in [2.45, 2.75) is 50.3 Å². The van der Waals surface area contributed by atoms with E-state index in [9.17, 15) is 19.5 Å². The molecular weight excluding hydrogens is 448 g/mol. The van der Waals surface area contributed by atoms with Gasteiger partial charge in [0.1, 0.15) is 12.1 Å². The maximum absolute atomic E-state index is 13.6. The molecule has 0 aromatic heterocycles. The molecule has 3 aliphatic rings. The number of carboxylic acid groups (broad SMARTS) is 1. The number of nitrogens with zero attached hydrogens (tertiary/aromatic N) is 1. The van der Waals surface area contributed by atoms with Crippen molar-refractivity contribution in [2.75, 3.05) is 19.8 Å². The summed E-state index contributed by atoms with van der Waals surface area (Å²) in [4.78, 5) is 39.8. The van der Waals surface area contributed by atoms with Gasteiger partial charge in [-0.05, 0) is 54.9 Å². The van der Waals surface area contributed by atoms with Gasteiger partial charge in [-0.1, -0.05) is 48.5 Å². The largest absolute Gasteiger partial charge is 0.480 e. The number of amides is 2. The summed E-state index contributed by atoms with van der Waals surface area (Å²) < 4.78 is 11.2. The second-order valence-electron chi connectivity index (χ2n) is 9.78. The second-order valence-corrected chi connectivity index (χ2v) is 9.78. The van der Waals surface area contributed by atoms with Crippen molar-refractivity contribution in [3.8, 4) is 11.1 Å². The minimum Gasteiger partial charge on any atom is -0.480 e. The second kappa shape index (κ2) is 9.00. The summed E-state index contributed by atoms with van der Waals surface area (Å²) in [5.41, 5.74) is 3.24. The lowest BCUT2D eigenvalue weighted by molar-refractivity contribution is -0.168. The average molecular weight is 479 g/mol. The summed E-state index contributed by atoms with van der Waals surface area (Å²) >= 11 is 0. The molecule has 2 amide bonds. The van der Waals surface area contributed by atoms with E-state index < -0.39 is 35.7 Å². The molecule has 3 atom stereocenters. The van der Waals surface area contributed by atoms with Crippen LogP contribution < -0.4 is 5.32 Å². The van der Waals surface area contributed by atoms with Crippen molar-refractivity contribution >= 4 is 18.0 Å². The first-order chi connectivity index (χ1) is 16.8. The van der Waals surface area contributed by atoms with Crippen LogP contribution in [-0.4, -0.2) is 65.4 Å². The van der Waals surface area contributed by atoms with Crippen LogP contribution in [0, 0.1) is 5.92 Å². The number of carbonyl (C=O) groups excluding carboxylic acids is 2. The molecule has 2 aliphatic carbocycles. The number of benzene rings is 2. The predicted octanol–water partition coefficient (Wildman–Crippen LogP) is 3.39. The Balaban J connectivity index is 1.31. The van der Waals surface area contributed by atoms with Gasteiger partial charge in [-0.3, -0.25) is 4.79 Å². The maximum atomic E-state index is 13.6. The molecule has 8 heteroatoms. The Kier molecular flexibility index (Phi) is 6.01. The summed E-state index contributed by atoms with van der Waals surface area (Å²) in [7, 11) is 0. The van der Waals surface area contributed by atoms with Crippen LogP contribution in [0.25, 0.3) is 11.1 Å². The number of carbonyl (C=O) groups is 3. The maximum Gasteiger partial charge on any atom is 0.408 e. The molecule has 2 fully saturated rings. The Bertz CT molecular complexity index is 1120. The Hall–Kier alpha value is -3.39. The van der Waals surface area contributed by atoms with E-state index in [0.29, 0.717) is 0 Å². The summed E-state index contributed by atoms with van der Waals surface area (Å²) in [6.45, 7) is 3.87. The van der Waals surface area contributed by atoms with Crippen LogP contribution in [0.15, 0.2) is 48.5 Å². The summed E-state index contributed by atoms with van der Waals surface area (Å²) in [6.07, 6.45) is 0.249. The Labute approximate surface area is 204 Å². The van der Waals surface area contributed by atoms with E-state index in [0.717, 1.165) is 35.1 Å². The number of carboxylic acids is 1. The SMILES string of the molecule is CC1OCCN(C(=O)C(C)(NC(=O)OCC2c3ccccc3-c3ccccc32)C2CC2)C1C(=O)O. The minimum absolute atomic E-state index is 0.0666. The van der Waals surface area contributed by atoms with E-state index in [2.05, 4.69) is 17.4 Å². The number of morpholine rings is 1. The lowest BCUT2D eigenvalue weighted by Crippen LogP contribution is -2.66. The van der Waals surface area contributed by atoms with Gasteiger partial charge in [-0.25, -0.2) is 9.59 Å². The zero-order chi connectivity index (χ0) is 24.7. The van der Waals surface area contributed by atoms with E-state index >= 15 is 0 Å². The minimum atomic E-state index is -1.24. The van der Waals surface area contributed by atoms with Crippen LogP contribution in [0.2, 0.25) is 0 Å². The first kappa shape index (κ1) is 23.4. The molecule has 3 unspecified atom stereocenters. The molecule has 5 rings (SSSR count). The number of alkyl carbamates (subject to hydrolysis) is 1. The molecule has 2 aromatic carbocycles. The molecule has 8 nitrogen and oxygen atoms in total. The fourth-order valence-electron chi connectivity index (χ4n) is 5.52. The van der Waals surface area contributed by atoms with Gasteiger partial charge in [0.25, 0.3) is 0 Å². The van der Waals surface area contributed by atoms with Crippen molar-refractivity contribution in [2.24, 2.45) is 5.92 Å². The van der Waals surface area contributed by atoms with Gasteiger partial charge in [0.15, 0.2) is 6.04 Å². The standard InChI is InChI=1S/C27H30N2O6/c1-16-23(24(30)31)29(13-14-34-16)25(32)27(2,17-11-12-17)28-26(33)35-15-22-20-9-5-3-7-18(20)19-8-4-6-10-21(19)22/h3-10,16-17,22-23H,11-15H2,1-2H3,(H,28,33)(H,30,31). The highest BCUT2D eigenvalue weighted by atomic mass is 16.5. The molecule has 1 saturated carbocycles. The van der Waals surface area contributed by atoms with E-state index in [1.165, 1.54) is 4.90 Å². The quantitative estimate of drug-likeness (QED) is 0.659. The van der Waals surface area contributed by atoms with Crippen LogP contribution in [0.3, 0.4) is 0 Å². The average Bonchev–Trinajstić information content (AvgIpc) is 3.66. The highest BCUT2D eigenvalue weighted by Gasteiger charge is 2.53. The first-order valence-electron chi connectivity index (χ1n) is 12.1. The van der Waals surface area contributed by atoms with E-state index in [1.54, 1.807) is 13.8 Å². The van der Waals surface area contributed by atoms with Gasteiger partial charge in [0.05, 0.1) is 12.7 Å². The fourth-order valence-corrected chi connectivity index (χ4v) is 5.52. The lowest BCUT2D eigenvalue weighted by Gasteiger charge is -2.42. The summed E-state index contributed by atoms with van der Waals surface area (Å²) in [5.74, 6) is -1.68. The fraction of sp³-hybridized carbons (Fsp3) is 0.444. The first-order valence-corrected chi connectivity index (χ1v) is 12.1. The summed E-state index contributed by atoms with van der Waals surface area (Å²) in [5, 5.41) is 12.5. The van der Waals surface area contributed by atoms with Gasteiger partial charge in [0, 0.05) is 12.5 Å². The van der Waals surface area contributed by atoms with Crippen molar-refractivity contribution in [1.29, 1.82) is 0 Å². The molecule has 1 saturated heterocycles. The van der Waals surface area contributed by atoms with Crippen LogP contribution >= 0.6 is 0 Å². The molecule has 0 spiro atoms. The highest BCUT2D eigenvalue weighted by Crippen LogP contribution is 2.45. The number of fused-ring (bicyclic) bond motifs is 3. The third-order valence-electron chi connectivity index (χ3n) is 7.55. The molecule has 0 bridgehead atoms. The third kappa shape index (κ3) is 4.16. The van der Waals surface area contributed by atoms with Gasteiger partial charge in [-0.2, -0.15) is 0 Å². The predicted molar refractivity (Wildman–Crippen MR) is 128 cm³/mol. The molecular formula is C27H30N2O6. The van der Waals surface area contributed by atoms with E-state index in [-0.39, 0.29) is 31.6 Å². The lowest BCUT2D eigenvalue weighted by atomic mass is 9.92. The van der Waals surface area contributed by atoms with Crippen LogP contribution in [0.1, 0.15) is 43.7 Å². The summed E-state index contributed by atoms with van der Waals surface area (Å²) in [6, 6.07) is 15.1. The van der Waals surface area contributed by atoms with Gasteiger partial charge < -0.3 is 24.8 Å². The zero-order valence-electron chi connectivity index (χ0n) is 19.9. The van der Waals surface area contributed by atoms with Crippen molar-refractivity contribution in [3.05, 3.63) is 59.7 Å².